The number of ether oxygens (including phenoxy) is 5. The molecule has 0 saturated carbocycles. The van der Waals surface area contributed by atoms with Crippen LogP contribution in [0.2, 0.25) is 0 Å². The molecule has 4 fully saturated rings. The van der Waals surface area contributed by atoms with Crippen LogP contribution in [-0.4, -0.2) is 142 Å². The summed E-state index contributed by atoms with van der Waals surface area (Å²) >= 11 is 0. The average Bonchev–Trinajstić information content (AvgIpc) is 3.86. The minimum Gasteiger partial charge on any atom is -0.480 e. The number of nitrogens with one attached hydrogen (secondary N) is 2. The Morgan fingerprint density at radius 3 is 1.54 bits per heavy atom. The van der Waals surface area contributed by atoms with Gasteiger partial charge >= 0.3 is 24.0 Å². The fraction of sp³-hybridized carbons (Fsp3) is 0.429. The molecule has 0 spiro atoms. The Bertz CT molecular complexity index is 2010. The quantitative estimate of drug-likeness (QED) is 0.336. The molecule has 6 aliphatic heterocycles. The predicted molar refractivity (Wildman–Crippen MR) is 186 cm³/mol. The molecule has 8 amide bonds. The number of hydrazine groups is 4. The van der Waals surface area contributed by atoms with Crippen molar-refractivity contribution in [1.82, 2.24) is 40.9 Å². The van der Waals surface area contributed by atoms with E-state index in [0.29, 0.717) is 48.8 Å². The molecule has 302 valence electrons. The number of hydrogen-bond donors (Lipinski definition) is 3. The van der Waals surface area contributed by atoms with Crippen molar-refractivity contribution in [1.29, 1.82) is 0 Å². The van der Waals surface area contributed by atoms with Gasteiger partial charge in [0.05, 0.1) is 20.2 Å². The predicted octanol–water partition coefficient (Wildman–Crippen LogP) is 0.445. The summed E-state index contributed by atoms with van der Waals surface area (Å²) in [5.41, 5.74) is 5.48. The molecule has 0 radical (unpaired) electrons. The number of carboxylic acid groups (broad SMARTS) is 1. The minimum atomic E-state index is -1.20. The molecular weight excluding hydrogens is 756 g/mol. The summed E-state index contributed by atoms with van der Waals surface area (Å²) in [7, 11) is 1.23. The van der Waals surface area contributed by atoms with Crippen LogP contribution in [0.1, 0.15) is 59.2 Å². The van der Waals surface area contributed by atoms with Gasteiger partial charge in [-0.3, -0.25) is 30.0 Å². The summed E-state index contributed by atoms with van der Waals surface area (Å²) in [6.45, 7) is 0.643. The second-order valence-electron chi connectivity index (χ2n) is 13.3. The van der Waals surface area contributed by atoms with E-state index in [-0.39, 0.29) is 75.4 Å². The van der Waals surface area contributed by atoms with Crippen molar-refractivity contribution in [3.8, 4) is 23.0 Å². The number of fused-ring (bicyclic) bond motifs is 4. The third kappa shape index (κ3) is 7.64. The van der Waals surface area contributed by atoms with E-state index in [0.717, 1.165) is 25.0 Å². The maximum absolute atomic E-state index is 13.1. The van der Waals surface area contributed by atoms with Crippen molar-refractivity contribution in [2.75, 3.05) is 46.9 Å². The molecule has 2 aromatic rings. The first kappa shape index (κ1) is 38.3. The zero-order valence-electron chi connectivity index (χ0n) is 30.5. The third-order valence-corrected chi connectivity index (χ3v) is 9.83. The largest absolute Gasteiger partial charge is 0.480 e. The van der Waals surface area contributed by atoms with E-state index < -0.39 is 47.9 Å². The fourth-order valence-corrected chi connectivity index (χ4v) is 6.98. The number of hydrogen-bond acceptors (Lipinski definition) is 13. The molecule has 4 saturated heterocycles. The van der Waals surface area contributed by atoms with E-state index in [1.807, 2.05) is 0 Å². The highest BCUT2D eigenvalue weighted by Gasteiger charge is 2.46. The minimum absolute atomic E-state index is 0.0115. The summed E-state index contributed by atoms with van der Waals surface area (Å²) in [4.78, 5) is 99.9. The first-order chi connectivity index (χ1) is 27.4. The monoisotopic (exact) mass is 794 g/mol. The number of urea groups is 2. The second kappa shape index (κ2) is 16.0. The van der Waals surface area contributed by atoms with Crippen molar-refractivity contribution >= 4 is 47.6 Å². The average molecular weight is 795 g/mol. The Balaban J connectivity index is 0.000000174. The Hall–Kier alpha value is -7.00. The van der Waals surface area contributed by atoms with Gasteiger partial charge < -0.3 is 28.8 Å². The molecule has 0 aromatic heterocycles. The Labute approximate surface area is 323 Å². The summed E-state index contributed by atoms with van der Waals surface area (Å²) < 4.78 is 25.7. The molecule has 8 rings (SSSR count). The molecule has 0 unspecified atom stereocenters. The Morgan fingerprint density at radius 2 is 1.09 bits per heavy atom. The lowest BCUT2D eigenvalue weighted by Crippen LogP contribution is -2.63. The van der Waals surface area contributed by atoms with Crippen molar-refractivity contribution in [2.45, 2.75) is 50.6 Å². The number of aliphatic carboxylic acids is 1. The number of rotatable bonds is 6. The number of carbonyl (C=O) groups is 8. The summed E-state index contributed by atoms with van der Waals surface area (Å²) in [5.74, 6) is -1.72. The lowest BCUT2D eigenvalue weighted by atomic mass is 10.1. The topological polar surface area (TPSA) is 246 Å². The van der Waals surface area contributed by atoms with Gasteiger partial charge in [-0.2, -0.15) is 0 Å². The van der Waals surface area contributed by atoms with Gasteiger partial charge in [0.25, 0.3) is 11.8 Å². The first-order valence-electron chi connectivity index (χ1n) is 18.0. The number of amides is 8. The van der Waals surface area contributed by atoms with E-state index in [4.69, 9.17) is 23.7 Å². The number of carbonyl (C=O) groups excluding carboxylic acids is 7. The maximum atomic E-state index is 13.1. The van der Waals surface area contributed by atoms with Gasteiger partial charge in [0.15, 0.2) is 35.1 Å². The normalized spacial score (nSPS) is 21.1. The first-order valence-corrected chi connectivity index (χ1v) is 18.0. The molecular formula is C35H38N8O14. The van der Waals surface area contributed by atoms with Crippen LogP contribution in [0.4, 0.5) is 9.59 Å². The van der Waals surface area contributed by atoms with Crippen LogP contribution in [0, 0.1) is 0 Å². The van der Waals surface area contributed by atoms with Crippen molar-refractivity contribution in [2.24, 2.45) is 0 Å². The number of carboxylic acids is 1. The van der Waals surface area contributed by atoms with Gasteiger partial charge in [-0.15, -0.1) is 0 Å². The molecule has 3 N–H and O–H groups in total. The Kier molecular flexibility index (Phi) is 10.7. The number of benzene rings is 2. The molecule has 22 heteroatoms. The molecule has 6 heterocycles. The highest BCUT2D eigenvalue weighted by molar-refractivity contribution is 5.98. The van der Waals surface area contributed by atoms with E-state index >= 15 is 0 Å². The van der Waals surface area contributed by atoms with E-state index in [1.165, 1.54) is 30.3 Å². The van der Waals surface area contributed by atoms with Crippen molar-refractivity contribution in [3.63, 3.8) is 0 Å². The van der Waals surface area contributed by atoms with Gasteiger partial charge in [-0.05, 0) is 62.1 Å². The van der Waals surface area contributed by atoms with Crippen LogP contribution in [0.5, 0.6) is 23.0 Å². The van der Waals surface area contributed by atoms with Crippen molar-refractivity contribution in [3.05, 3.63) is 47.5 Å². The number of esters is 1. The highest BCUT2D eigenvalue weighted by atomic mass is 16.7. The van der Waals surface area contributed by atoms with Crippen LogP contribution in [0.3, 0.4) is 0 Å². The third-order valence-electron chi connectivity index (χ3n) is 9.83. The second-order valence-corrected chi connectivity index (χ2v) is 13.3. The molecule has 2 atom stereocenters. The van der Waals surface area contributed by atoms with Gasteiger partial charge in [-0.25, -0.2) is 49.2 Å². The van der Waals surface area contributed by atoms with Gasteiger partial charge in [0.1, 0.15) is 0 Å². The number of methoxy groups -OCH3 is 1. The van der Waals surface area contributed by atoms with Crippen LogP contribution >= 0.6 is 0 Å². The van der Waals surface area contributed by atoms with E-state index in [1.54, 1.807) is 18.2 Å². The van der Waals surface area contributed by atoms with Crippen molar-refractivity contribution < 1.29 is 67.1 Å². The smallest absolute Gasteiger partial charge is 0.358 e. The van der Waals surface area contributed by atoms with Gasteiger partial charge in [0.2, 0.25) is 25.4 Å². The van der Waals surface area contributed by atoms with Gasteiger partial charge in [-0.1, -0.05) is 0 Å². The molecule has 6 aliphatic rings. The summed E-state index contributed by atoms with van der Waals surface area (Å²) in [6.07, 6.45) is 1.63. The van der Waals surface area contributed by atoms with E-state index in [9.17, 15) is 43.5 Å². The Morgan fingerprint density at radius 1 is 0.649 bits per heavy atom. The number of nitrogens with zero attached hydrogens (tertiary/aromatic N) is 6. The zero-order chi connectivity index (χ0) is 40.4. The molecule has 0 aliphatic carbocycles. The maximum Gasteiger partial charge on any atom is 0.358 e. The summed E-state index contributed by atoms with van der Waals surface area (Å²) in [6, 6.07) is 5.73. The molecule has 0 bridgehead atoms. The van der Waals surface area contributed by atoms with Crippen LogP contribution in [0.25, 0.3) is 0 Å². The molecule has 22 nitrogen and oxygen atoms in total. The lowest BCUT2D eigenvalue weighted by Gasteiger charge is -2.42. The van der Waals surface area contributed by atoms with Crippen LogP contribution < -0.4 is 29.8 Å². The standard InChI is InChI=1S/C18H20N4O7.C17H18N4O7/c1-27-17(25)12-3-2-7-21-15(23)6-8-20(18(26)22(12)21)19-16(24)11-4-5-13-14(9-11)29-10-28-13;22-14-5-7-19(17(26)21-11(16(24)25)2-1-6-20(14)21)18-15(23)10-3-4-12-13(8-10)28-9-27-12/h4-5,9,12H,2-3,6-8,10H2,1H3,(H,19,24);3-4,8,11H,1-2,5-7,9H2,(H,18,23)(H,24,25)/t12-;11-/m00/s1. The molecule has 57 heavy (non-hydrogen) atoms. The molecule has 2 aromatic carbocycles. The zero-order valence-corrected chi connectivity index (χ0v) is 30.5. The lowest BCUT2D eigenvalue weighted by molar-refractivity contribution is -0.165. The van der Waals surface area contributed by atoms with Gasteiger partial charge in [0, 0.05) is 37.1 Å². The fourth-order valence-electron chi connectivity index (χ4n) is 6.98. The SMILES string of the molecule is COC(=O)[C@@H]1CCCN2C(=O)CCN(NC(=O)c3ccc4c(c3)OCO4)C(=O)N12.O=C(NN1CCC(=O)N2CCC[C@@H](C(=O)O)N2C1=O)c1ccc2c(c1)OCO2. The highest BCUT2D eigenvalue weighted by Crippen LogP contribution is 2.34. The summed E-state index contributed by atoms with van der Waals surface area (Å²) in [5, 5.41) is 15.9. The van der Waals surface area contributed by atoms with E-state index in [2.05, 4.69) is 10.9 Å². The van der Waals surface area contributed by atoms with Crippen LogP contribution in [0.15, 0.2) is 36.4 Å². The van der Waals surface area contributed by atoms with Crippen LogP contribution in [-0.2, 0) is 23.9 Å².